The molecule has 2 amide bonds. The third-order valence-corrected chi connectivity index (χ3v) is 7.84. The number of carbonyl (C=O) groups excluding carboxylic acids is 2. The molecule has 1 saturated heterocycles. The van der Waals surface area contributed by atoms with Gasteiger partial charge in [0.15, 0.2) is 0 Å². The van der Waals surface area contributed by atoms with Crippen LogP contribution in [0, 0.1) is 17.0 Å². The summed E-state index contributed by atoms with van der Waals surface area (Å²) < 4.78 is 7.29. The molecule has 0 spiro atoms. The normalized spacial score (nSPS) is 13.3. The zero-order valence-electron chi connectivity index (χ0n) is 22.3. The fourth-order valence-corrected chi connectivity index (χ4v) is 5.40. The van der Waals surface area contributed by atoms with Crippen LogP contribution in [0.4, 0.5) is 5.69 Å². The standard InChI is InChI=1S/C30H26Cl2N4O5/c1-19-23(18-27(20-7-10-22(41-2)11-8-20)35(19)26-6-4-3-5-24(26)31)30(38)34-15-13-33(14-16-34)29(37)21-9-12-25(32)28(17-21)36(39)40/h3-12,17-18H,13-16H2,1-2H3. The smallest absolute Gasteiger partial charge is 0.288 e. The van der Waals surface area contributed by atoms with Crippen LogP contribution in [0.1, 0.15) is 26.4 Å². The molecule has 0 saturated carbocycles. The maximum absolute atomic E-state index is 13.8. The fourth-order valence-electron chi connectivity index (χ4n) is 4.99. The molecule has 1 fully saturated rings. The number of benzene rings is 3. The molecular formula is C30H26Cl2N4O5. The lowest BCUT2D eigenvalue weighted by Gasteiger charge is -2.34. The van der Waals surface area contributed by atoms with Gasteiger partial charge in [-0.2, -0.15) is 0 Å². The summed E-state index contributed by atoms with van der Waals surface area (Å²) in [4.78, 5) is 40.8. The highest BCUT2D eigenvalue weighted by molar-refractivity contribution is 6.33. The van der Waals surface area contributed by atoms with Gasteiger partial charge in [-0.05, 0) is 67.1 Å². The molecular weight excluding hydrogens is 567 g/mol. The van der Waals surface area contributed by atoms with Gasteiger partial charge >= 0.3 is 0 Å². The molecule has 1 aliphatic rings. The van der Waals surface area contributed by atoms with E-state index in [0.717, 1.165) is 28.4 Å². The van der Waals surface area contributed by atoms with Crippen LogP contribution in [-0.4, -0.2) is 64.4 Å². The molecule has 210 valence electrons. The Morgan fingerprint density at radius 2 is 1.49 bits per heavy atom. The molecule has 3 aromatic carbocycles. The average Bonchev–Trinajstić information content (AvgIpc) is 3.33. The van der Waals surface area contributed by atoms with Crippen molar-refractivity contribution in [1.29, 1.82) is 0 Å². The molecule has 0 aliphatic carbocycles. The number of ether oxygens (including phenoxy) is 1. The summed E-state index contributed by atoms with van der Waals surface area (Å²) in [6, 6.07) is 20.9. The Kier molecular flexibility index (Phi) is 8.01. The third-order valence-electron chi connectivity index (χ3n) is 7.20. The van der Waals surface area contributed by atoms with Crippen molar-refractivity contribution >= 4 is 40.7 Å². The number of aromatic nitrogens is 1. The number of hydrogen-bond donors (Lipinski definition) is 0. The largest absolute Gasteiger partial charge is 0.497 e. The van der Waals surface area contributed by atoms with E-state index in [0.29, 0.717) is 23.7 Å². The van der Waals surface area contributed by atoms with E-state index in [2.05, 4.69) is 0 Å². The van der Waals surface area contributed by atoms with Crippen molar-refractivity contribution < 1.29 is 19.2 Å². The number of nitrogens with zero attached hydrogens (tertiary/aromatic N) is 4. The van der Waals surface area contributed by atoms with E-state index in [-0.39, 0.29) is 41.2 Å². The van der Waals surface area contributed by atoms with Crippen LogP contribution in [0.3, 0.4) is 0 Å². The maximum atomic E-state index is 13.8. The minimum Gasteiger partial charge on any atom is -0.497 e. The first-order valence-corrected chi connectivity index (χ1v) is 13.6. The van der Waals surface area contributed by atoms with Crippen LogP contribution >= 0.6 is 23.2 Å². The number of carbonyl (C=O) groups is 2. The molecule has 41 heavy (non-hydrogen) atoms. The molecule has 4 aromatic rings. The predicted octanol–water partition coefficient (Wildman–Crippen LogP) is 6.27. The van der Waals surface area contributed by atoms with E-state index in [1.54, 1.807) is 23.0 Å². The number of nitro benzene ring substituents is 1. The molecule has 2 heterocycles. The molecule has 0 unspecified atom stereocenters. The molecule has 0 bridgehead atoms. The van der Waals surface area contributed by atoms with Crippen LogP contribution < -0.4 is 4.74 Å². The molecule has 0 atom stereocenters. The van der Waals surface area contributed by atoms with Gasteiger partial charge in [-0.15, -0.1) is 0 Å². The van der Waals surface area contributed by atoms with Crippen LogP contribution in [0.15, 0.2) is 72.8 Å². The Morgan fingerprint density at radius 1 is 0.854 bits per heavy atom. The van der Waals surface area contributed by atoms with E-state index in [4.69, 9.17) is 27.9 Å². The number of amides is 2. The van der Waals surface area contributed by atoms with Crippen LogP contribution in [-0.2, 0) is 0 Å². The lowest BCUT2D eigenvalue weighted by molar-refractivity contribution is -0.384. The summed E-state index contributed by atoms with van der Waals surface area (Å²) in [7, 11) is 1.61. The van der Waals surface area contributed by atoms with Crippen molar-refractivity contribution in [1.82, 2.24) is 14.4 Å². The van der Waals surface area contributed by atoms with E-state index in [1.807, 2.05) is 60.0 Å². The number of piperazine rings is 1. The van der Waals surface area contributed by atoms with Crippen molar-refractivity contribution in [2.24, 2.45) is 0 Å². The molecule has 0 radical (unpaired) electrons. The van der Waals surface area contributed by atoms with Crippen LogP contribution in [0.25, 0.3) is 16.9 Å². The summed E-state index contributed by atoms with van der Waals surface area (Å²) in [5.41, 5.74) is 3.57. The highest BCUT2D eigenvalue weighted by Gasteiger charge is 2.29. The monoisotopic (exact) mass is 592 g/mol. The van der Waals surface area contributed by atoms with Gasteiger partial charge in [0.05, 0.1) is 34.0 Å². The minimum atomic E-state index is -0.618. The van der Waals surface area contributed by atoms with Crippen molar-refractivity contribution in [3.05, 3.63) is 110 Å². The lowest BCUT2D eigenvalue weighted by Crippen LogP contribution is -2.50. The SMILES string of the molecule is COc1ccc(-c2cc(C(=O)N3CCN(C(=O)c4ccc(Cl)c([N+](=O)[O-])c4)CC3)c(C)n2-c2ccccc2Cl)cc1. The quantitative estimate of drug-likeness (QED) is 0.194. The third kappa shape index (κ3) is 5.51. The second-order valence-corrected chi connectivity index (χ2v) is 10.4. The number of para-hydroxylation sites is 1. The maximum Gasteiger partial charge on any atom is 0.288 e. The molecule has 1 aliphatic heterocycles. The second kappa shape index (κ2) is 11.6. The summed E-state index contributed by atoms with van der Waals surface area (Å²) in [6.45, 7) is 3.09. The van der Waals surface area contributed by atoms with Gasteiger partial charge in [0, 0.05) is 43.5 Å². The Hall–Kier alpha value is -4.34. The van der Waals surface area contributed by atoms with Gasteiger partial charge in [-0.1, -0.05) is 35.3 Å². The first kappa shape index (κ1) is 28.2. The average molecular weight is 593 g/mol. The Morgan fingerprint density at radius 3 is 2.10 bits per heavy atom. The van der Waals surface area contributed by atoms with E-state index in [1.165, 1.54) is 18.2 Å². The van der Waals surface area contributed by atoms with Gasteiger partial charge in [0.25, 0.3) is 17.5 Å². The van der Waals surface area contributed by atoms with E-state index < -0.39 is 4.92 Å². The van der Waals surface area contributed by atoms with Crippen molar-refractivity contribution in [3.63, 3.8) is 0 Å². The Balaban J connectivity index is 1.40. The molecule has 1 aromatic heterocycles. The first-order chi connectivity index (χ1) is 19.7. The summed E-state index contributed by atoms with van der Waals surface area (Å²) in [5.74, 6) is 0.218. The lowest BCUT2D eigenvalue weighted by atomic mass is 10.1. The number of rotatable bonds is 6. The van der Waals surface area contributed by atoms with Gasteiger partial charge in [0.1, 0.15) is 10.8 Å². The topological polar surface area (TPSA) is 97.9 Å². The van der Waals surface area contributed by atoms with Crippen molar-refractivity contribution in [2.45, 2.75) is 6.92 Å². The summed E-state index contributed by atoms with van der Waals surface area (Å²) in [5, 5.41) is 11.8. The van der Waals surface area contributed by atoms with E-state index in [9.17, 15) is 19.7 Å². The number of halogens is 2. The minimum absolute atomic E-state index is 0.0323. The van der Waals surface area contributed by atoms with Gasteiger partial charge in [-0.25, -0.2) is 0 Å². The Bertz CT molecular complexity index is 1640. The molecule has 11 heteroatoms. The predicted molar refractivity (Wildman–Crippen MR) is 157 cm³/mol. The van der Waals surface area contributed by atoms with Crippen LogP contribution in [0.5, 0.6) is 5.75 Å². The van der Waals surface area contributed by atoms with E-state index >= 15 is 0 Å². The highest BCUT2D eigenvalue weighted by atomic mass is 35.5. The first-order valence-electron chi connectivity index (χ1n) is 12.8. The number of nitro groups is 1. The summed E-state index contributed by atoms with van der Waals surface area (Å²) >= 11 is 12.5. The zero-order chi connectivity index (χ0) is 29.3. The second-order valence-electron chi connectivity index (χ2n) is 9.55. The fraction of sp³-hybridized carbons (Fsp3) is 0.200. The number of methoxy groups -OCH3 is 1. The van der Waals surface area contributed by atoms with Gasteiger partial charge in [-0.3, -0.25) is 19.7 Å². The Labute approximate surface area is 246 Å². The highest BCUT2D eigenvalue weighted by Crippen LogP contribution is 2.34. The summed E-state index contributed by atoms with van der Waals surface area (Å²) in [6.07, 6.45) is 0. The number of hydrogen-bond acceptors (Lipinski definition) is 5. The van der Waals surface area contributed by atoms with Gasteiger partial charge in [0.2, 0.25) is 0 Å². The van der Waals surface area contributed by atoms with Crippen LogP contribution in [0.2, 0.25) is 10.0 Å². The zero-order valence-corrected chi connectivity index (χ0v) is 23.9. The van der Waals surface area contributed by atoms with Gasteiger partial charge < -0.3 is 19.1 Å². The van der Waals surface area contributed by atoms with Crippen molar-refractivity contribution in [3.8, 4) is 22.7 Å². The van der Waals surface area contributed by atoms with Crippen molar-refractivity contribution in [2.75, 3.05) is 33.3 Å². The molecule has 5 rings (SSSR count). The molecule has 0 N–H and O–H groups in total. The molecule has 9 nitrogen and oxygen atoms in total.